The lowest BCUT2D eigenvalue weighted by atomic mass is 9.44. The standard InChI is InChI=1S/C21H34O2.C2H6/c1-20-11-8-19-17(18(20)6-4-14(20)9-12-22)5-3-15-13-16(23)7-10-21(15,19)2;1-2/h14-15,17-19,22H,3-13H2,1-2H3;1-2H3/t14?,15?,17?,18?,19?,20-,21+;/m1./s1. The minimum atomic E-state index is 0.364. The van der Waals surface area contributed by atoms with Gasteiger partial charge in [-0.2, -0.15) is 0 Å². The summed E-state index contributed by atoms with van der Waals surface area (Å²) in [6.45, 7) is 9.44. The van der Waals surface area contributed by atoms with Crippen LogP contribution < -0.4 is 0 Å². The zero-order valence-electron chi connectivity index (χ0n) is 17.0. The Morgan fingerprint density at radius 1 is 0.960 bits per heavy atom. The maximum absolute atomic E-state index is 11.9. The average Bonchev–Trinajstić information content (AvgIpc) is 2.94. The van der Waals surface area contributed by atoms with Crippen LogP contribution in [-0.2, 0) is 4.79 Å². The molecule has 1 N–H and O–H groups in total. The molecule has 4 rings (SSSR count). The summed E-state index contributed by atoms with van der Waals surface area (Å²) in [5.41, 5.74) is 0.921. The van der Waals surface area contributed by atoms with Crippen molar-refractivity contribution in [2.24, 2.45) is 40.4 Å². The zero-order valence-corrected chi connectivity index (χ0v) is 17.0. The smallest absolute Gasteiger partial charge is 0.133 e. The quantitative estimate of drug-likeness (QED) is 0.703. The van der Waals surface area contributed by atoms with Gasteiger partial charge in [-0.05, 0) is 91.8 Å². The molecule has 4 aliphatic carbocycles. The lowest BCUT2D eigenvalue weighted by Gasteiger charge is -2.60. The molecule has 25 heavy (non-hydrogen) atoms. The Kier molecular flexibility index (Phi) is 5.69. The molecular formula is C23H40O2. The highest BCUT2D eigenvalue weighted by molar-refractivity contribution is 5.79. The first-order chi connectivity index (χ1) is 12.0. The molecule has 0 aromatic rings. The Hall–Kier alpha value is -0.370. The van der Waals surface area contributed by atoms with Crippen molar-refractivity contribution in [3.05, 3.63) is 0 Å². The van der Waals surface area contributed by atoms with E-state index in [0.29, 0.717) is 29.1 Å². The fraction of sp³-hybridized carbons (Fsp3) is 0.957. The lowest BCUT2D eigenvalue weighted by Crippen LogP contribution is -2.53. The molecule has 0 radical (unpaired) electrons. The molecule has 4 fully saturated rings. The molecular weight excluding hydrogens is 308 g/mol. The largest absolute Gasteiger partial charge is 0.396 e. The van der Waals surface area contributed by atoms with Gasteiger partial charge < -0.3 is 5.11 Å². The van der Waals surface area contributed by atoms with Crippen molar-refractivity contribution in [3.8, 4) is 0 Å². The van der Waals surface area contributed by atoms with Gasteiger partial charge >= 0.3 is 0 Å². The monoisotopic (exact) mass is 348 g/mol. The van der Waals surface area contributed by atoms with Gasteiger partial charge in [-0.15, -0.1) is 0 Å². The second-order valence-electron chi connectivity index (χ2n) is 9.73. The molecule has 0 amide bonds. The van der Waals surface area contributed by atoms with Crippen molar-refractivity contribution in [2.45, 2.75) is 91.9 Å². The number of ketones is 1. The number of rotatable bonds is 2. The van der Waals surface area contributed by atoms with E-state index in [4.69, 9.17) is 0 Å². The van der Waals surface area contributed by atoms with E-state index in [-0.39, 0.29) is 0 Å². The van der Waals surface area contributed by atoms with Gasteiger partial charge in [0.25, 0.3) is 0 Å². The summed E-state index contributed by atoms with van der Waals surface area (Å²) in [4.78, 5) is 11.9. The SMILES string of the molecule is CC.C[C@]12CCC(=O)CC1CCC1C2CC[C@]2(C)C(CCO)CCC12. The molecule has 5 unspecified atom stereocenters. The predicted molar refractivity (Wildman–Crippen MR) is 103 cm³/mol. The molecule has 0 heterocycles. The van der Waals surface area contributed by atoms with Crippen LogP contribution in [0.4, 0.5) is 0 Å². The van der Waals surface area contributed by atoms with E-state index in [2.05, 4.69) is 13.8 Å². The van der Waals surface area contributed by atoms with Crippen LogP contribution >= 0.6 is 0 Å². The fourth-order valence-corrected chi connectivity index (χ4v) is 7.78. The van der Waals surface area contributed by atoms with Gasteiger partial charge in [-0.1, -0.05) is 27.7 Å². The molecule has 0 bridgehead atoms. The van der Waals surface area contributed by atoms with Crippen molar-refractivity contribution >= 4 is 5.78 Å². The van der Waals surface area contributed by atoms with Crippen LogP contribution in [0.15, 0.2) is 0 Å². The molecule has 0 spiro atoms. The maximum Gasteiger partial charge on any atom is 0.133 e. The summed E-state index contributed by atoms with van der Waals surface area (Å²) < 4.78 is 0. The van der Waals surface area contributed by atoms with Gasteiger partial charge in [0.2, 0.25) is 0 Å². The topological polar surface area (TPSA) is 37.3 Å². The molecule has 4 saturated carbocycles. The van der Waals surface area contributed by atoms with E-state index in [1.54, 1.807) is 0 Å². The second-order valence-corrected chi connectivity index (χ2v) is 9.73. The number of hydrogen-bond donors (Lipinski definition) is 1. The van der Waals surface area contributed by atoms with Crippen molar-refractivity contribution in [1.82, 2.24) is 0 Å². The lowest BCUT2D eigenvalue weighted by molar-refractivity contribution is -0.139. The van der Waals surface area contributed by atoms with E-state index in [1.807, 2.05) is 13.8 Å². The van der Waals surface area contributed by atoms with E-state index >= 15 is 0 Å². The summed E-state index contributed by atoms with van der Waals surface area (Å²) >= 11 is 0. The molecule has 0 saturated heterocycles. The normalized spacial score (nSPS) is 48.7. The third-order valence-corrected chi connectivity index (χ3v) is 9.16. The molecule has 0 aromatic heterocycles. The van der Waals surface area contributed by atoms with Crippen LogP contribution in [0.2, 0.25) is 0 Å². The molecule has 7 atom stereocenters. The number of fused-ring (bicyclic) bond motifs is 5. The van der Waals surface area contributed by atoms with Crippen LogP contribution in [-0.4, -0.2) is 17.5 Å². The zero-order chi connectivity index (χ0) is 18.2. The first-order valence-corrected chi connectivity index (χ1v) is 11.1. The summed E-state index contributed by atoms with van der Waals surface area (Å²) in [5.74, 6) is 4.58. The maximum atomic E-state index is 11.9. The van der Waals surface area contributed by atoms with Gasteiger partial charge in [0, 0.05) is 19.4 Å². The van der Waals surface area contributed by atoms with Crippen LogP contribution in [0.3, 0.4) is 0 Å². The van der Waals surface area contributed by atoms with Crippen LogP contribution in [0.1, 0.15) is 91.9 Å². The number of carbonyl (C=O) groups is 1. The highest BCUT2D eigenvalue weighted by Gasteiger charge is 2.59. The first-order valence-electron chi connectivity index (χ1n) is 11.1. The summed E-state index contributed by atoms with van der Waals surface area (Å²) in [6.07, 6.45) is 12.0. The number of hydrogen-bond acceptors (Lipinski definition) is 2. The van der Waals surface area contributed by atoms with Crippen molar-refractivity contribution < 1.29 is 9.90 Å². The van der Waals surface area contributed by atoms with Gasteiger partial charge in [-0.25, -0.2) is 0 Å². The van der Waals surface area contributed by atoms with Crippen molar-refractivity contribution in [2.75, 3.05) is 6.61 Å². The molecule has 4 aliphatic rings. The van der Waals surface area contributed by atoms with Crippen LogP contribution in [0.5, 0.6) is 0 Å². The number of aliphatic hydroxyl groups excluding tert-OH is 1. The highest BCUT2D eigenvalue weighted by Crippen LogP contribution is 2.67. The molecule has 0 aliphatic heterocycles. The van der Waals surface area contributed by atoms with Gasteiger partial charge in [0.05, 0.1) is 0 Å². The minimum Gasteiger partial charge on any atom is -0.396 e. The van der Waals surface area contributed by atoms with E-state index in [0.717, 1.165) is 49.4 Å². The molecule has 0 aromatic carbocycles. The van der Waals surface area contributed by atoms with Crippen molar-refractivity contribution in [1.29, 1.82) is 0 Å². The number of aliphatic hydroxyl groups is 1. The summed E-state index contributed by atoms with van der Waals surface area (Å²) in [6, 6.07) is 0. The summed E-state index contributed by atoms with van der Waals surface area (Å²) in [5, 5.41) is 9.45. The molecule has 2 heteroatoms. The fourth-order valence-electron chi connectivity index (χ4n) is 7.78. The van der Waals surface area contributed by atoms with E-state index < -0.39 is 0 Å². The van der Waals surface area contributed by atoms with Gasteiger partial charge in [-0.3, -0.25) is 4.79 Å². The Morgan fingerprint density at radius 3 is 2.40 bits per heavy atom. The van der Waals surface area contributed by atoms with E-state index in [9.17, 15) is 9.90 Å². The third-order valence-electron chi connectivity index (χ3n) is 9.16. The summed E-state index contributed by atoms with van der Waals surface area (Å²) in [7, 11) is 0. The highest BCUT2D eigenvalue weighted by atomic mass is 16.3. The van der Waals surface area contributed by atoms with Crippen LogP contribution in [0, 0.1) is 40.4 Å². The minimum absolute atomic E-state index is 0.364. The molecule has 2 nitrogen and oxygen atoms in total. The Bertz CT molecular complexity index is 486. The first kappa shape index (κ1) is 19.4. The average molecular weight is 349 g/mol. The Morgan fingerprint density at radius 2 is 1.68 bits per heavy atom. The van der Waals surface area contributed by atoms with Gasteiger partial charge in [0.1, 0.15) is 5.78 Å². The van der Waals surface area contributed by atoms with E-state index in [1.165, 1.54) is 38.5 Å². The second kappa shape index (κ2) is 7.33. The molecule has 144 valence electrons. The van der Waals surface area contributed by atoms with Crippen LogP contribution in [0.25, 0.3) is 0 Å². The Balaban J connectivity index is 0.000000880. The third kappa shape index (κ3) is 3.01. The Labute approximate surface area is 155 Å². The van der Waals surface area contributed by atoms with Gasteiger partial charge in [0.15, 0.2) is 0 Å². The number of Topliss-reactive ketones (excluding diaryl/α,β-unsaturated/α-hetero) is 1. The number of carbonyl (C=O) groups excluding carboxylic acids is 1. The van der Waals surface area contributed by atoms with Crippen molar-refractivity contribution in [3.63, 3.8) is 0 Å². The predicted octanol–water partition coefficient (Wildman–Crippen LogP) is 5.62.